The van der Waals surface area contributed by atoms with Crippen LogP contribution in [0.25, 0.3) is 0 Å². The summed E-state index contributed by atoms with van der Waals surface area (Å²) in [4.78, 5) is 10.8. The van der Waals surface area contributed by atoms with Crippen molar-refractivity contribution >= 4 is 5.91 Å². The number of rotatable bonds is 10. The van der Waals surface area contributed by atoms with E-state index in [0.717, 1.165) is 6.42 Å². The third-order valence-corrected chi connectivity index (χ3v) is 1.76. The topological polar surface area (TPSA) is 56.8 Å². The van der Waals surface area contributed by atoms with Gasteiger partial charge in [-0.25, -0.2) is 0 Å². The molecule has 0 unspecified atom stereocenters. The fourth-order valence-corrected chi connectivity index (χ4v) is 0.899. The first-order valence-electron chi connectivity index (χ1n) is 5.16. The van der Waals surface area contributed by atoms with E-state index in [4.69, 9.17) is 14.2 Å². The minimum Gasteiger partial charge on any atom is -0.382 e. The van der Waals surface area contributed by atoms with Crippen molar-refractivity contribution in [2.24, 2.45) is 0 Å². The minimum absolute atomic E-state index is 0.00587. The van der Waals surface area contributed by atoms with Crippen LogP contribution in [0.1, 0.15) is 12.8 Å². The van der Waals surface area contributed by atoms with Gasteiger partial charge in [0.15, 0.2) is 0 Å². The van der Waals surface area contributed by atoms with Crippen LogP contribution in [0.3, 0.4) is 0 Å². The standard InChI is InChI=1S/C10H21NO4/c1-11-10(12)4-7-14-5-3-6-15-9-8-13-2/h3-9H2,1-2H3,(H,11,12). The van der Waals surface area contributed by atoms with Crippen LogP contribution in [0.15, 0.2) is 0 Å². The number of hydrogen-bond acceptors (Lipinski definition) is 4. The number of ether oxygens (including phenoxy) is 3. The van der Waals surface area contributed by atoms with E-state index in [1.54, 1.807) is 14.2 Å². The molecule has 0 fully saturated rings. The summed E-state index contributed by atoms with van der Waals surface area (Å²) in [5, 5.41) is 2.53. The van der Waals surface area contributed by atoms with Crippen molar-refractivity contribution in [1.82, 2.24) is 5.32 Å². The normalized spacial score (nSPS) is 10.3. The van der Waals surface area contributed by atoms with Crippen LogP contribution in [0, 0.1) is 0 Å². The summed E-state index contributed by atoms with van der Waals surface area (Å²) >= 11 is 0. The largest absolute Gasteiger partial charge is 0.382 e. The lowest BCUT2D eigenvalue weighted by atomic mass is 10.4. The number of amides is 1. The van der Waals surface area contributed by atoms with Crippen molar-refractivity contribution in [1.29, 1.82) is 0 Å². The first kappa shape index (κ1) is 14.3. The third kappa shape index (κ3) is 11.3. The quantitative estimate of drug-likeness (QED) is 0.533. The first-order valence-corrected chi connectivity index (χ1v) is 5.16. The fraction of sp³-hybridized carbons (Fsp3) is 0.900. The van der Waals surface area contributed by atoms with Crippen LogP contribution in [-0.2, 0) is 19.0 Å². The van der Waals surface area contributed by atoms with Crippen LogP contribution in [0.2, 0.25) is 0 Å². The molecule has 5 heteroatoms. The number of carbonyl (C=O) groups excluding carboxylic acids is 1. The highest BCUT2D eigenvalue weighted by Gasteiger charge is 1.96. The molecule has 0 saturated carbocycles. The molecule has 0 aliphatic carbocycles. The van der Waals surface area contributed by atoms with Crippen LogP contribution < -0.4 is 5.32 Å². The Balaban J connectivity index is 2.95. The van der Waals surface area contributed by atoms with Crippen LogP contribution in [-0.4, -0.2) is 53.1 Å². The summed E-state index contributed by atoms with van der Waals surface area (Å²) < 4.78 is 15.3. The monoisotopic (exact) mass is 219 g/mol. The molecule has 90 valence electrons. The molecule has 1 amide bonds. The van der Waals surface area contributed by atoms with Crippen molar-refractivity contribution in [2.75, 3.05) is 47.2 Å². The highest BCUT2D eigenvalue weighted by molar-refractivity contribution is 5.75. The average Bonchev–Trinajstić information content (AvgIpc) is 2.26. The van der Waals surface area contributed by atoms with Crippen molar-refractivity contribution < 1.29 is 19.0 Å². The molecule has 0 saturated heterocycles. The molecule has 0 bridgehead atoms. The highest BCUT2D eigenvalue weighted by atomic mass is 16.5. The van der Waals surface area contributed by atoms with E-state index in [2.05, 4.69) is 5.32 Å². The fourth-order valence-electron chi connectivity index (χ4n) is 0.899. The van der Waals surface area contributed by atoms with Gasteiger partial charge in [-0.2, -0.15) is 0 Å². The Morgan fingerprint density at radius 1 is 1.07 bits per heavy atom. The van der Waals surface area contributed by atoms with Crippen LogP contribution >= 0.6 is 0 Å². The molecule has 15 heavy (non-hydrogen) atoms. The maximum atomic E-state index is 10.8. The molecule has 1 N–H and O–H groups in total. The SMILES string of the molecule is CNC(=O)CCOCCCOCCOC. The van der Waals surface area contributed by atoms with E-state index in [-0.39, 0.29) is 5.91 Å². The van der Waals surface area contributed by atoms with E-state index in [0.29, 0.717) is 39.5 Å². The van der Waals surface area contributed by atoms with E-state index < -0.39 is 0 Å². The molecule has 0 aliphatic heterocycles. The van der Waals surface area contributed by atoms with Gasteiger partial charge < -0.3 is 19.5 Å². The lowest BCUT2D eigenvalue weighted by Gasteiger charge is -2.04. The van der Waals surface area contributed by atoms with Gasteiger partial charge in [0, 0.05) is 33.8 Å². The molecule has 0 rings (SSSR count). The number of nitrogens with one attached hydrogen (secondary N) is 1. The van der Waals surface area contributed by atoms with Gasteiger partial charge >= 0.3 is 0 Å². The smallest absolute Gasteiger partial charge is 0.222 e. The Morgan fingerprint density at radius 3 is 2.33 bits per heavy atom. The summed E-state index contributed by atoms with van der Waals surface area (Å²) in [6, 6.07) is 0. The zero-order valence-corrected chi connectivity index (χ0v) is 9.58. The second-order valence-electron chi connectivity index (χ2n) is 2.99. The van der Waals surface area contributed by atoms with Crippen LogP contribution in [0.4, 0.5) is 0 Å². The van der Waals surface area contributed by atoms with Gasteiger partial charge in [0.1, 0.15) is 0 Å². The molecule has 0 aromatic heterocycles. The summed E-state index contributed by atoms with van der Waals surface area (Å²) in [6.45, 7) is 3.01. The van der Waals surface area contributed by atoms with E-state index >= 15 is 0 Å². The number of carbonyl (C=O) groups is 1. The van der Waals surface area contributed by atoms with E-state index in [9.17, 15) is 4.79 Å². The van der Waals surface area contributed by atoms with Gasteiger partial charge in [-0.1, -0.05) is 0 Å². The predicted octanol–water partition coefficient (Wildman–Crippen LogP) is 0.192. The Morgan fingerprint density at radius 2 is 1.73 bits per heavy atom. The Bertz CT molecular complexity index is 152. The second kappa shape index (κ2) is 11.4. The van der Waals surface area contributed by atoms with Gasteiger partial charge in [0.2, 0.25) is 5.91 Å². The number of hydrogen-bond donors (Lipinski definition) is 1. The molecule has 0 aliphatic rings. The molecule has 5 nitrogen and oxygen atoms in total. The predicted molar refractivity (Wildman–Crippen MR) is 56.8 cm³/mol. The molecule has 0 aromatic rings. The van der Waals surface area contributed by atoms with Gasteiger partial charge in [-0.05, 0) is 6.42 Å². The highest BCUT2D eigenvalue weighted by Crippen LogP contribution is 1.88. The van der Waals surface area contributed by atoms with Crippen molar-refractivity contribution in [2.45, 2.75) is 12.8 Å². The Kier molecular flexibility index (Phi) is 10.9. The van der Waals surface area contributed by atoms with E-state index in [1.165, 1.54) is 0 Å². The van der Waals surface area contributed by atoms with Crippen molar-refractivity contribution in [3.8, 4) is 0 Å². The lowest BCUT2D eigenvalue weighted by molar-refractivity contribution is -0.121. The summed E-state index contributed by atoms with van der Waals surface area (Å²) in [5.74, 6) is 0.00587. The van der Waals surface area contributed by atoms with Crippen LogP contribution in [0.5, 0.6) is 0 Å². The molecular weight excluding hydrogens is 198 g/mol. The Labute approximate surface area is 91.1 Å². The third-order valence-electron chi connectivity index (χ3n) is 1.76. The summed E-state index contributed by atoms with van der Waals surface area (Å²) in [7, 11) is 3.26. The number of methoxy groups -OCH3 is 1. The second-order valence-corrected chi connectivity index (χ2v) is 2.99. The zero-order chi connectivity index (χ0) is 11.4. The first-order chi connectivity index (χ1) is 7.31. The maximum absolute atomic E-state index is 10.8. The summed E-state index contributed by atoms with van der Waals surface area (Å²) in [6.07, 6.45) is 1.26. The van der Waals surface area contributed by atoms with Gasteiger partial charge in [0.25, 0.3) is 0 Å². The maximum Gasteiger partial charge on any atom is 0.222 e. The lowest BCUT2D eigenvalue weighted by Crippen LogP contribution is -2.19. The van der Waals surface area contributed by atoms with Gasteiger partial charge in [0.05, 0.1) is 19.8 Å². The minimum atomic E-state index is 0.00587. The van der Waals surface area contributed by atoms with Crippen molar-refractivity contribution in [3.05, 3.63) is 0 Å². The van der Waals surface area contributed by atoms with E-state index in [1.807, 2.05) is 0 Å². The van der Waals surface area contributed by atoms with Crippen molar-refractivity contribution in [3.63, 3.8) is 0 Å². The van der Waals surface area contributed by atoms with Gasteiger partial charge in [-0.3, -0.25) is 4.79 Å². The molecule has 0 atom stereocenters. The summed E-state index contributed by atoms with van der Waals surface area (Å²) in [5.41, 5.74) is 0. The zero-order valence-electron chi connectivity index (χ0n) is 9.58. The molecular formula is C10H21NO4. The molecule has 0 radical (unpaired) electrons. The van der Waals surface area contributed by atoms with Gasteiger partial charge in [-0.15, -0.1) is 0 Å². The molecule has 0 aromatic carbocycles. The average molecular weight is 219 g/mol. The Hall–Kier alpha value is -0.650. The molecule has 0 spiro atoms. The molecule has 0 heterocycles.